The lowest BCUT2D eigenvalue weighted by Gasteiger charge is -2.35. The third-order valence-electron chi connectivity index (χ3n) is 5.58. The van der Waals surface area contributed by atoms with Crippen LogP contribution < -0.4 is 26.8 Å². The second kappa shape index (κ2) is 10.7. The molecule has 7 N–H and O–H groups in total. The van der Waals surface area contributed by atoms with E-state index in [9.17, 15) is 29.1 Å². The first-order valence-corrected chi connectivity index (χ1v) is 10.8. The number of carbonyl (C=O) groups is 4. The van der Waals surface area contributed by atoms with Crippen LogP contribution in [-0.4, -0.2) is 62.6 Å². The molecule has 2 amide bonds. The molecule has 1 aromatic carbocycles. The van der Waals surface area contributed by atoms with Crippen molar-refractivity contribution < 1.29 is 29.4 Å². The number of nitrogens with one attached hydrogen (secondary N) is 3. The van der Waals surface area contributed by atoms with E-state index in [0.717, 1.165) is 0 Å². The predicted octanol–water partition coefficient (Wildman–Crippen LogP) is 0.180. The summed E-state index contributed by atoms with van der Waals surface area (Å²) in [5, 5.41) is 23.4. The summed E-state index contributed by atoms with van der Waals surface area (Å²) in [5.74, 6) is -3.44. The Morgan fingerprint density at radius 3 is 2.51 bits per heavy atom. The Kier molecular flexibility index (Phi) is 7.69. The van der Waals surface area contributed by atoms with Crippen molar-refractivity contribution in [2.24, 2.45) is 0 Å². The third kappa shape index (κ3) is 6.13. The number of rotatable bonds is 9. The van der Waals surface area contributed by atoms with Gasteiger partial charge >= 0.3 is 11.9 Å². The average molecular weight is 486 g/mol. The van der Waals surface area contributed by atoms with Gasteiger partial charge in [0.25, 0.3) is 11.5 Å². The molecule has 2 heterocycles. The van der Waals surface area contributed by atoms with Crippen LogP contribution in [0.5, 0.6) is 0 Å². The van der Waals surface area contributed by atoms with Gasteiger partial charge in [0.05, 0.1) is 11.7 Å². The van der Waals surface area contributed by atoms with Crippen molar-refractivity contribution >= 4 is 41.1 Å². The van der Waals surface area contributed by atoms with E-state index in [-0.39, 0.29) is 35.6 Å². The van der Waals surface area contributed by atoms with Crippen LogP contribution in [0.3, 0.4) is 0 Å². The quantitative estimate of drug-likeness (QED) is 0.283. The van der Waals surface area contributed by atoms with Gasteiger partial charge in [-0.3, -0.25) is 24.2 Å². The molecular formula is C22H26N6O7. The highest BCUT2D eigenvalue weighted by atomic mass is 16.4. The molecule has 0 radical (unpaired) electrons. The molecule has 13 heteroatoms. The summed E-state index contributed by atoms with van der Waals surface area (Å²) in [6, 6.07) is 4.57. The van der Waals surface area contributed by atoms with E-state index in [1.54, 1.807) is 12.1 Å². The van der Waals surface area contributed by atoms with Gasteiger partial charge in [0.1, 0.15) is 11.7 Å². The maximum atomic E-state index is 12.4. The lowest BCUT2D eigenvalue weighted by molar-refractivity contribution is -0.140. The first kappa shape index (κ1) is 25.2. The summed E-state index contributed by atoms with van der Waals surface area (Å²) >= 11 is 0. The lowest BCUT2D eigenvalue weighted by Crippen LogP contribution is -2.49. The van der Waals surface area contributed by atoms with Crippen molar-refractivity contribution in [2.45, 2.75) is 44.7 Å². The van der Waals surface area contributed by atoms with Crippen molar-refractivity contribution in [3.05, 3.63) is 45.9 Å². The molecule has 0 bridgehead atoms. The zero-order valence-electron chi connectivity index (χ0n) is 18.9. The number of carboxylic acid groups (broad SMARTS) is 2. The van der Waals surface area contributed by atoms with Gasteiger partial charge in [0.15, 0.2) is 0 Å². The van der Waals surface area contributed by atoms with Crippen molar-refractivity contribution in [2.75, 3.05) is 22.5 Å². The fourth-order valence-electron chi connectivity index (χ4n) is 3.92. The van der Waals surface area contributed by atoms with Crippen LogP contribution in [0.25, 0.3) is 0 Å². The summed E-state index contributed by atoms with van der Waals surface area (Å²) in [7, 11) is 0. The van der Waals surface area contributed by atoms with E-state index in [1.165, 1.54) is 24.0 Å². The van der Waals surface area contributed by atoms with Gasteiger partial charge in [-0.2, -0.15) is 0 Å². The van der Waals surface area contributed by atoms with Crippen molar-refractivity contribution in [3.8, 4) is 0 Å². The summed E-state index contributed by atoms with van der Waals surface area (Å²) in [6.07, 6.45) is 0.407. The molecule has 13 nitrogen and oxygen atoms in total. The van der Waals surface area contributed by atoms with Crippen LogP contribution in [0.4, 0.5) is 17.3 Å². The molecule has 1 unspecified atom stereocenters. The van der Waals surface area contributed by atoms with Crippen LogP contribution in [0, 0.1) is 0 Å². The Bertz CT molecular complexity index is 1190. The highest BCUT2D eigenvalue weighted by molar-refractivity contribution is 5.97. The number of aromatic nitrogens is 2. The number of benzene rings is 1. The van der Waals surface area contributed by atoms with Gasteiger partial charge in [0, 0.05) is 31.1 Å². The number of hydrogen-bond acceptors (Lipinski definition) is 8. The fourth-order valence-corrected chi connectivity index (χ4v) is 3.92. The zero-order chi connectivity index (χ0) is 25.7. The number of hydrogen-bond donors (Lipinski definition) is 6. The number of aryl methyl sites for hydroxylation is 1. The van der Waals surface area contributed by atoms with Crippen LogP contribution >= 0.6 is 0 Å². The van der Waals surface area contributed by atoms with Gasteiger partial charge < -0.3 is 31.5 Å². The minimum atomic E-state index is -1.32. The number of carbonyl (C=O) groups excluding carboxylic acids is 2. The molecule has 35 heavy (non-hydrogen) atoms. The number of carboxylic acids is 2. The average Bonchev–Trinajstić information content (AvgIpc) is 2.79. The zero-order valence-corrected chi connectivity index (χ0v) is 18.9. The topological polar surface area (TPSA) is 208 Å². The minimum absolute atomic E-state index is 0.00508. The SMILES string of the molecule is CC(=O)N1c2c(nc(N)[nH]c2=O)CC[C@@H]1CNc1ccc(C(=O)NC(CCC(=O)O)C(=O)O)cc1. The second-order valence-electron chi connectivity index (χ2n) is 8.08. The van der Waals surface area contributed by atoms with Crippen molar-refractivity contribution in [1.82, 2.24) is 15.3 Å². The second-order valence-corrected chi connectivity index (χ2v) is 8.08. The molecule has 1 aliphatic heterocycles. The number of amides is 2. The van der Waals surface area contributed by atoms with Crippen LogP contribution in [0.1, 0.15) is 42.2 Å². The lowest BCUT2D eigenvalue weighted by atomic mass is 10.00. The van der Waals surface area contributed by atoms with Crippen LogP contribution in [-0.2, 0) is 20.8 Å². The Morgan fingerprint density at radius 2 is 1.91 bits per heavy atom. The van der Waals surface area contributed by atoms with Gasteiger partial charge in [-0.25, -0.2) is 9.78 Å². The van der Waals surface area contributed by atoms with E-state index >= 15 is 0 Å². The number of fused-ring (bicyclic) bond motifs is 1. The Morgan fingerprint density at radius 1 is 1.23 bits per heavy atom. The number of nitrogen functional groups attached to an aromatic ring is 1. The molecule has 3 rings (SSSR count). The highest BCUT2D eigenvalue weighted by Gasteiger charge is 2.32. The predicted molar refractivity (Wildman–Crippen MR) is 125 cm³/mol. The number of nitrogens with zero attached hydrogens (tertiary/aromatic N) is 2. The van der Waals surface area contributed by atoms with Crippen LogP contribution in [0.2, 0.25) is 0 Å². The largest absolute Gasteiger partial charge is 0.481 e. The highest BCUT2D eigenvalue weighted by Crippen LogP contribution is 2.27. The molecule has 1 aromatic heterocycles. The van der Waals surface area contributed by atoms with Gasteiger partial charge in [-0.05, 0) is 43.5 Å². The summed E-state index contributed by atoms with van der Waals surface area (Å²) < 4.78 is 0. The monoisotopic (exact) mass is 486 g/mol. The Balaban J connectivity index is 1.65. The van der Waals surface area contributed by atoms with E-state index in [2.05, 4.69) is 20.6 Å². The molecule has 2 aromatic rings. The molecule has 0 aliphatic carbocycles. The first-order valence-electron chi connectivity index (χ1n) is 10.8. The number of aromatic amines is 1. The van der Waals surface area contributed by atoms with Crippen molar-refractivity contribution in [3.63, 3.8) is 0 Å². The van der Waals surface area contributed by atoms with Crippen molar-refractivity contribution in [1.29, 1.82) is 0 Å². The van der Waals surface area contributed by atoms with Crippen LogP contribution in [0.15, 0.2) is 29.1 Å². The summed E-state index contributed by atoms with van der Waals surface area (Å²) in [5.41, 5.74) is 6.63. The molecule has 0 saturated carbocycles. The van der Waals surface area contributed by atoms with E-state index < -0.39 is 35.9 Å². The van der Waals surface area contributed by atoms with E-state index in [1.807, 2.05) is 0 Å². The smallest absolute Gasteiger partial charge is 0.326 e. The van der Waals surface area contributed by atoms with Gasteiger partial charge in [-0.15, -0.1) is 0 Å². The Hall–Kier alpha value is -4.42. The number of H-pyrrole nitrogens is 1. The molecule has 0 saturated heterocycles. The maximum absolute atomic E-state index is 12.4. The minimum Gasteiger partial charge on any atom is -0.481 e. The third-order valence-corrected chi connectivity index (χ3v) is 5.58. The molecule has 0 fully saturated rings. The van der Waals surface area contributed by atoms with Gasteiger partial charge in [0.2, 0.25) is 11.9 Å². The maximum Gasteiger partial charge on any atom is 0.326 e. The van der Waals surface area contributed by atoms with E-state index in [4.69, 9.17) is 10.8 Å². The number of nitrogens with two attached hydrogens (primary N) is 1. The summed E-state index contributed by atoms with van der Waals surface area (Å²) in [6.45, 7) is 1.69. The number of aliphatic carboxylic acids is 2. The molecule has 186 valence electrons. The van der Waals surface area contributed by atoms with E-state index in [0.29, 0.717) is 30.8 Å². The fraction of sp³-hybridized carbons (Fsp3) is 0.364. The van der Waals surface area contributed by atoms with Gasteiger partial charge in [-0.1, -0.05) is 0 Å². The number of anilines is 3. The first-order chi connectivity index (χ1) is 16.6. The summed E-state index contributed by atoms with van der Waals surface area (Å²) in [4.78, 5) is 67.1. The molecular weight excluding hydrogens is 460 g/mol. The molecule has 1 aliphatic rings. The standard InChI is InChI=1S/C22H26N6O7/c1-11(29)28-14(6-7-15-18(28)20(33)27-22(23)26-15)10-24-13-4-2-12(3-5-13)19(32)25-16(21(34)35)8-9-17(30)31/h2-5,14,16,24H,6-10H2,1H3,(H,25,32)(H,30,31)(H,34,35)(H3,23,26,27,33)/t14-,16?/m1/s1. The molecule has 0 spiro atoms. The molecule has 2 atom stereocenters. The Labute approximate surface area is 199 Å². The normalized spacial score (nSPS) is 15.6.